The van der Waals surface area contributed by atoms with Gasteiger partial charge in [0.2, 0.25) is 0 Å². The van der Waals surface area contributed by atoms with Crippen molar-refractivity contribution in [2.75, 3.05) is 0 Å². The standard InChI is InChI=1S/C12H10N2O2S/c1-7-5-6-10(17-7)14-11-8(13-12(14)16)3-2-4-9(11)15/h2-6,15H,1H3,(H,13,16). The van der Waals surface area contributed by atoms with Gasteiger partial charge in [0.05, 0.1) is 5.52 Å². The number of imidazole rings is 1. The number of nitrogens with zero attached hydrogens (tertiary/aromatic N) is 1. The first kappa shape index (κ1) is 10.2. The van der Waals surface area contributed by atoms with E-state index in [1.807, 2.05) is 19.1 Å². The molecule has 17 heavy (non-hydrogen) atoms. The molecule has 0 fully saturated rings. The number of H-pyrrole nitrogens is 1. The zero-order chi connectivity index (χ0) is 12.0. The van der Waals surface area contributed by atoms with E-state index in [4.69, 9.17) is 0 Å². The van der Waals surface area contributed by atoms with Crippen molar-refractivity contribution in [3.8, 4) is 10.8 Å². The number of fused-ring (bicyclic) bond motifs is 1. The van der Waals surface area contributed by atoms with Gasteiger partial charge in [-0.25, -0.2) is 9.36 Å². The van der Waals surface area contributed by atoms with Crippen LogP contribution in [0.25, 0.3) is 16.0 Å². The molecule has 0 aliphatic rings. The molecular weight excluding hydrogens is 236 g/mol. The molecule has 5 heteroatoms. The molecule has 0 atom stereocenters. The van der Waals surface area contributed by atoms with Gasteiger partial charge < -0.3 is 10.1 Å². The molecule has 2 heterocycles. The smallest absolute Gasteiger partial charge is 0.331 e. The second kappa shape index (κ2) is 3.49. The Morgan fingerprint density at radius 1 is 1.29 bits per heavy atom. The molecule has 0 amide bonds. The molecule has 3 rings (SSSR count). The number of hydrogen-bond acceptors (Lipinski definition) is 3. The van der Waals surface area contributed by atoms with Gasteiger partial charge in [-0.2, -0.15) is 0 Å². The molecule has 0 spiro atoms. The van der Waals surface area contributed by atoms with Gasteiger partial charge in [0.25, 0.3) is 0 Å². The normalized spacial score (nSPS) is 11.1. The number of para-hydroxylation sites is 1. The number of aromatic hydroxyl groups is 1. The van der Waals surface area contributed by atoms with Gasteiger partial charge >= 0.3 is 5.69 Å². The first-order valence-corrected chi connectivity index (χ1v) is 5.98. The predicted molar refractivity (Wildman–Crippen MR) is 68.2 cm³/mol. The number of phenols is 1. The fourth-order valence-corrected chi connectivity index (χ4v) is 2.76. The third kappa shape index (κ3) is 1.47. The highest BCUT2D eigenvalue weighted by atomic mass is 32.1. The maximum absolute atomic E-state index is 11.9. The van der Waals surface area contributed by atoms with Crippen molar-refractivity contribution in [2.24, 2.45) is 0 Å². The lowest BCUT2D eigenvalue weighted by Gasteiger charge is -2.00. The molecule has 0 bridgehead atoms. The highest BCUT2D eigenvalue weighted by Gasteiger charge is 2.12. The second-order valence-corrected chi connectivity index (χ2v) is 5.09. The Morgan fingerprint density at radius 3 is 2.82 bits per heavy atom. The van der Waals surface area contributed by atoms with Gasteiger partial charge in [-0.15, -0.1) is 11.3 Å². The Hall–Kier alpha value is -2.01. The Morgan fingerprint density at radius 2 is 2.12 bits per heavy atom. The first-order valence-electron chi connectivity index (χ1n) is 5.16. The summed E-state index contributed by atoms with van der Waals surface area (Å²) in [5.41, 5.74) is 0.934. The Labute approximate surface area is 101 Å². The van der Waals surface area contributed by atoms with Crippen molar-refractivity contribution >= 4 is 22.4 Å². The molecule has 0 saturated heterocycles. The number of hydrogen-bond donors (Lipinski definition) is 2. The topological polar surface area (TPSA) is 58.0 Å². The van der Waals surface area contributed by atoms with E-state index in [2.05, 4.69) is 4.98 Å². The van der Waals surface area contributed by atoms with Crippen molar-refractivity contribution in [2.45, 2.75) is 6.92 Å². The maximum atomic E-state index is 11.9. The average molecular weight is 246 g/mol. The van der Waals surface area contributed by atoms with Crippen LogP contribution in [0.3, 0.4) is 0 Å². The first-order chi connectivity index (χ1) is 8.16. The minimum atomic E-state index is -0.233. The molecule has 1 aromatic carbocycles. The quantitative estimate of drug-likeness (QED) is 0.692. The molecule has 0 saturated carbocycles. The van der Waals surface area contributed by atoms with Crippen LogP contribution in [0.15, 0.2) is 35.1 Å². The van der Waals surface area contributed by atoms with Crippen molar-refractivity contribution in [1.82, 2.24) is 9.55 Å². The maximum Gasteiger partial charge on any atom is 0.331 e. The van der Waals surface area contributed by atoms with Crippen molar-refractivity contribution in [3.63, 3.8) is 0 Å². The molecular formula is C12H10N2O2S. The monoisotopic (exact) mass is 246 g/mol. The molecule has 0 aliphatic carbocycles. The number of aryl methyl sites for hydroxylation is 1. The molecule has 2 aromatic heterocycles. The predicted octanol–water partition coefficient (Wildman–Crippen LogP) is 2.39. The number of aromatic amines is 1. The van der Waals surface area contributed by atoms with E-state index in [-0.39, 0.29) is 11.4 Å². The molecule has 3 aromatic rings. The summed E-state index contributed by atoms with van der Waals surface area (Å²) in [5, 5.41) is 10.7. The van der Waals surface area contributed by atoms with Gasteiger partial charge in [-0.1, -0.05) is 6.07 Å². The summed E-state index contributed by atoms with van der Waals surface area (Å²) in [6, 6.07) is 8.88. The SMILES string of the molecule is Cc1ccc(-n2c(=O)[nH]c3cccc(O)c32)s1. The lowest BCUT2D eigenvalue weighted by molar-refractivity contribution is 0.479. The van der Waals surface area contributed by atoms with E-state index in [1.54, 1.807) is 18.2 Å². The zero-order valence-corrected chi connectivity index (χ0v) is 9.91. The third-order valence-electron chi connectivity index (χ3n) is 2.63. The fraction of sp³-hybridized carbons (Fsp3) is 0.0833. The number of benzene rings is 1. The summed E-state index contributed by atoms with van der Waals surface area (Å²) < 4.78 is 1.50. The minimum absolute atomic E-state index is 0.104. The van der Waals surface area contributed by atoms with Crippen LogP contribution in [-0.2, 0) is 0 Å². The van der Waals surface area contributed by atoms with Crippen LogP contribution in [0.2, 0.25) is 0 Å². The zero-order valence-electron chi connectivity index (χ0n) is 9.10. The Balaban J connectivity index is 2.43. The van der Waals surface area contributed by atoms with Crippen molar-refractivity contribution < 1.29 is 5.11 Å². The van der Waals surface area contributed by atoms with E-state index in [0.29, 0.717) is 11.0 Å². The summed E-state index contributed by atoms with van der Waals surface area (Å²) in [6.45, 7) is 1.98. The van der Waals surface area contributed by atoms with E-state index >= 15 is 0 Å². The van der Waals surface area contributed by atoms with Gasteiger partial charge in [-0.3, -0.25) is 0 Å². The van der Waals surface area contributed by atoms with Crippen LogP contribution >= 0.6 is 11.3 Å². The lowest BCUT2D eigenvalue weighted by Crippen LogP contribution is -2.13. The fourth-order valence-electron chi connectivity index (χ4n) is 1.89. The molecule has 0 aliphatic heterocycles. The molecule has 2 N–H and O–H groups in total. The van der Waals surface area contributed by atoms with Gasteiger partial charge in [0.15, 0.2) is 0 Å². The number of nitrogens with one attached hydrogen (secondary N) is 1. The van der Waals surface area contributed by atoms with Crippen LogP contribution < -0.4 is 5.69 Å². The van der Waals surface area contributed by atoms with Crippen LogP contribution in [0, 0.1) is 6.92 Å². The molecule has 86 valence electrons. The summed E-state index contributed by atoms with van der Waals surface area (Å²) in [5.74, 6) is 0.104. The van der Waals surface area contributed by atoms with Gasteiger partial charge in [-0.05, 0) is 31.2 Å². The number of rotatable bonds is 1. The van der Waals surface area contributed by atoms with Crippen LogP contribution in [0.5, 0.6) is 5.75 Å². The van der Waals surface area contributed by atoms with Crippen LogP contribution in [0.1, 0.15) is 4.88 Å². The van der Waals surface area contributed by atoms with Crippen LogP contribution in [0.4, 0.5) is 0 Å². The minimum Gasteiger partial charge on any atom is -0.506 e. The van der Waals surface area contributed by atoms with Crippen molar-refractivity contribution in [1.29, 1.82) is 0 Å². The number of aromatic nitrogens is 2. The van der Waals surface area contributed by atoms with Gasteiger partial charge in [0.1, 0.15) is 16.3 Å². The molecule has 0 radical (unpaired) electrons. The lowest BCUT2D eigenvalue weighted by atomic mass is 10.3. The largest absolute Gasteiger partial charge is 0.506 e. The highest BCUT2D eigenvalue weighted by molar-refractivity contribution is 7.14. The summed E-state index contributed by atoms with van der Waals surface area (Å²) in [6.07, 6.45) is 0. The molecule has 4 nitrogen and oxygen atoms in total. The molecule has 0 unspecified atom stereocenters. The van der Waals surface area contributed by atoms with E-state index < -0.39 is 0 Å². The van der Waals surface area contributed by atoms with Gasteiger partial charge in [0, 0.05) is 4.88 Å². The van der Waals surface area contributed by atoms with E-state index in [1.165, 1.54) is 15.9 Å². The second-order valence-electron chi connectivity index (χ2n) is 3.82. The van der Waals surface area contributed by atoms with Crippen LogP contribution in [-0.4, -0.2) is 14.7 Å². The van der Waals surface area contributed by atoms with E-state index in [0.717, 1.165) is 9.88 Å². The summed E-state index contributed by atoms with van der Waals surface area (Å²) in [7, 11) is 0. The van der Waals surface area contributed by atoms with Crippen molar-refractivity contribution in [3.05, 3.63) is 45.7 Å². The number of phenolic OH excluding ortho intramolecular Hbond substituents is 1. The Bertz CT molecular complexity index is 751. The summed E-state index contributed by atoms with van der Waals surface area (Å²) in [4.78, 5) is 15.8. The average Bonchev–Trinajstić information content (AvgIpc) is 2.82. The highest BCUT2D eigenvalue weighted by Crippen LogP contribution is 2.27. The summed E-state index contributed by atoms with van der Waals surface area (Å²) >= 11 is 1.52. The Kier molecular flexibility index (Phi) is 2.09. The number of thiophene rings is 1. The third-order valence-corrected chi connectivity index (χ3v) is 3.62. The van der Waals surface area contributed by atoms with E-state index in [9.17, 15) is 9.90 Å².